The van der Waals surface area contributed by atoms with Crippen molar-refractivity contribution < 1.29 is 13.2 Å². The molecule has 3 aromatic rings. The van der Waals surface area contributed by atoms with E-state index in [0.717, 1.165) is 38.2 Å². The SMILES string of the molecule is CCN1CCN(C2CCN(c3ccc(Nc4ncc(Cl)c(Nc5ccccc5S(=O)(=O)C(C)C)n4)c(OC)c3)CC2)CC1. The third-order valence-electron chi connectivity index (χ3n) is 8.44. The van der Waals surface area contributed by atoms with Crippen LogP contribution in [0, 0.1) is 0 Å². The van der Waals surface area contributed by atoms with Crippen LogP contribution in [0.2, 0.25) is 5.02 Å². The molecule has 3 heterocycles. The lowest BCUT2D eigenvalue weighted by molar-refractivity contribution is 0.0878. The second-order valence-electron chi connectivity index (χ2n) is 11.3. The lowest BCUT2D eigenvalue weighted by Crippen LogP contribution is -2.53. The van der Waals surface area contributed by atoms with E-state index in [9.17, 15) is 8.42 Å². The molecule has 0 saturated carbocycles. The first kappa shape index (κ1) is 31.3. The zero-order valence-corrected chi connectivity index (χ0v) is 27.0. The number of methoxy groups -OCH3 is 1. The first-order valence-corrected chi connectivity index (χ1v) is 16.9. The molecule has 2 saturated heterocycles. The third-order valence-corrected chi connectivity index (χ3v) is 10.9. The fourth-order valence-electron chi connectivity index (χ4n) is 5.75. The van der Waals surface area contributed by atoms with E-state index >= 15 is 0 Å². The van der Waals surface area contributed by atoms with Gasteiger partial charge in [0, 0.05) is 57.1 Å². The minimum atomic E-state index is -3.52. The highest BCUT2D eigenvalue weighted by molar-refractivity contribution is 7.92. The van der Waals surface area contributed by atoms with Gasteiger partial charge in [-0.15, -0.1) is 0 Å². The molecule has 0 radical (unpaired) electrons. The minimum Gasteiger partial charge on any atom is -0.494 e. The van der Waals surface area contributed by atoms with Crippen LogP contribution in [-0.4, -0.2) is 92.4 Å². The van der Waals surface area contributed by atoms with Gasteiger partial charge >= 0.3 is 0 Å². The summed E-state index contributed by atoms with van der Waals surface area (Å²) in [6.07, 6.45) is 3.79. The Hall–Kier alpha value is -3.12. The van der Waals surface area contributed by atoms with Crippen LogP contribution >= 0.6 is 11.6 Å². The highest BCUT2D eigenvalue weighted by Crippen LogP contribution is 2.35. The molecular weight excluding hydrogens is 586 g/mol. The van der Waals surface area contributed by atoms with Gasteiger partial charge in [0.2, 0.25) is 5.95 Å². The Morgan fingerprint density at radius 3 is 2.40 bits per heavy atom. The van der Waals surface area contributed by atoms with E-state index in [-0.39, 0.29) is 9.92 Å². The van der Waals surface area contributed by atoms with Gasteiger partial charge in [0.1, 0.15) is 10.8 Å². The summed E-state index contributed by atoms with van der Waals surface area (Å²) >= 11 is 6.42. The molecule has 10 nitrogen and oxygen atoms in total. The van der Waals surface area contributed by atoms with E-state index in [1.54, 1.807) is 45.2 Å². The van der Waals surface area contributed by atoms with Gasteiger partial charge in [-0.25, -0.2) is 13.4 Å². The van der Waals surface area contributed by atoms with E-state index in [4.69, 9.17) is 16.3 Å². The fraction of sp³-hybridized carbons (Fsp3) is 0.484. The maximum Gasteiger partial charge on any atom is 0.229 e. The predicted molar refractivity (Wildman–Crippen MR) is 174 cm³/mol. The fourth-order valence-corrected chi connectivity index (χ4v) is 7.09. The largest absolute Gasteiger partial charge is 0.494 e. The smallest absolute Gasteiger partial charge is 0.229 e. The summed E-state index contributed by atoms with van der Waals surface area (Å²) in [5.74, 6) is 1.27. The Morgan fingerprint density at radius 2 is 1.72 bits per heavy atom. The second kappa shape index (κ2) is 13.7. The monoisotopic (exact) mass is 627 g/mol. The standard InChI is InChI=1S/C31H42ClN7O3S/c1-5-37-16-18-39(19-17-37)23-12-14-38(15-13-23)24-10-11-26(28(20-24)42-4)35-31-33-21-25(32)30(36-31)34-27-8-6-7-9-29(27)43(40,41)22(2)3/h6-11,20-23H,5,12-19H2,1-4H3,(H2,33,34,35,36). The van der Waals surface area contributed by atoms with Crippen molar-refractivity contribution in [2.45, 2.75) is 49.8 Å². The van der Waals surface area contributed by atoms with Crippen LogP contribution in [-0.2, 0) is 9.84 Å². The zero-order valence-electron chi connectivity index (χ0n) is 25.4. The number of benzene rings is 2. The van der Waals surface area contributed by atoms with Crippen molar-refractivity contribution in [2.24, 2.45) is 0 Å². The van der Waals surface area contributed by atoms with Crippen molar-refractivity contribution in [3.63, 3.8) is 0 Å². The van der Waals surface area contributed by atoms with Gasteiger partial charge in [-0.1, -0.05) is 30.7 Å². The number of rotatable bonds is 10. The summed E-state index contributed by atoms with van der Waals surface area (Å²) in [5.41, 5.74) is 2.24. The molecule has 0 atom stereocenters. The zero-order chi connectivity index (χ0) is 30.6. The average molecular weight is 628 g/mol. The van der Waals surface area contributed by atoms with Crippen LogP contribution in [0.4, 0.5) is 28.8 Å². The minimum absolute atomic E-state index is 0.189. The normalized spacial score (nSPS) is 17.3. The molecule has 12 heteroatoms. The third kappa shape index (κ3) is 7.17. The van der Waals surface area contributed by atoms with Crippen LogP contribution in [0.25, 0.3) is 0 Å². The second-order valence-corrected chi connectivity index (χ2v) is 14.2. The number of nitrogens with zero attached hydrogens (tertiary/aromatic N) is 5. The molecule has 2 aromatic carbocycles. The summed E-state index contributed by atoms with van der Waals surface area (Å²) in [6.45, 7) is 13.4. The van der Waals surface area contributed by atoms with Gasteiger partial charge in [0.25, 0.3) is 0 Å². The lowest BCUT2D eigenvalue weighted by atomic mass is 10.0. The van der Waals surface area contributed by atoms with E-state index in [2.05, 4.69) is 48.3 Å². The Morgan fingerprint density at radius 1 is 1.00 bits per heavy atom. The molecular formula is C31H42ClN7O3S. The lowest BCUT2D eigenvalue weighted by Gasteiger charge is -2.43. The molecule has 0 spiro atoms. The first-order valence-electron chi connectivity index (χ1n) is 15.0. The van der Waals surface area contributed by atoms with Crippen molar-refractivity contribution >= 4 is 50.3 Å². The van der Waals surface area contributed by atoms with Gasteiger partial charge in [0.15, 0.2) is 15.7 Å². The molecule has 0 aliphatic carbocycles. The van der Waals surface area contributed by atoms with Crippen molar-refractivity contribution in [3.05, 3.63) is 53.7 Å². The summed E-state index contributed by atoms with van der Waals surface area (Å²) in [5, 5.41) is 6.02. The molecule has 232 valence electrons. The molecule has 5 rings (SSSR count). The first-order chi connectivity index (χ1) is 20.7. The molecule has 0 bridgehead atoms. The molecule has 0 unspecified atom stereocenters. The number of piperazine rings is 1. The van der Waals surface area contributed by atoms with E-state index in [1.807, 2.05) is 12.1 Å². The Kier molecular flexibility index (Phi) is 9.95. The number of nitrogens with one attached hydrogen (secondary N) is 2. The molecule has 2 N–H and O–H groups in total. The van der Waals surface area contributed by atoms with Crippen molar-refractivity contribution in [2.75, 3.05) is 68.5 Å². The molecule has 1 aromatic heterocycles. The molecule has 43 heavy (non-hydrogen) atoms. The number of hydrogen-bond acceptors (Lipinski definition) is 10. The summed E-state index contributed by atoms with van der Waals surface area (Å²) < 4.78 is 31.6. The topological polar surface area (TPSA) is 103 Å². The number of likely N-dealkylation sites (N-methyl/N-ethyl adjacent to an activating group) is 1. The maximum atomic E-state index is 12.9. The number of piperidine rings is 1. The highest BCUT2D eigenvalue weighted by atomic mass is 35.5. The Bertz CT molecular complexity index is 1500. The number of aromatic nitrogens is 2. The van der Waals surface area contributed by atoms with Gasteiger partial charge in [-0.2, -0.15) is 4.98 Å². The number of anilines is 5. The number of hydrogen-bond donors (Lipinski definition) is 2. The van der Waals surface area contributed by atoms with Crippen LogP contribution in [0.3, 0.4) is 0 Å². The predicted octanol–water partition coefficient (Wildman–Crippen LogP) is 5.41. The van der Waals surface area contributed by atoms with Gasteiger partial charge < -0.3 is 25.2 Å². The summed E-state index contributed by atoms with van der Waals surface area (Å²) in [4.78, 5) is 16.7. The van der Waals surface area contributed by atoms with Crippen molar-refractivity contribution in [1.82, 2.24) is 19.8 Å². The van der Waals surface area contributed by atoms with Gasteiger partial charge in [-0.05, 0) is 57.5 Å². The maximum absolute atomic E-state index is 12.9. The van der Waals surface area contributed by atoms with E-state index < -0.39 is 15.1 Å². The molecule has 0 amide bonds. The van der Waals surface area contributed by atoms with Crippen molar-refractivity contribution in [1.29, 1.82) is 0 Å². The van der Waals surface area contributed by atoms with Crippen LogP contribution in [0.1, 0.15) is 33.6 Å². The van der Waals surface area contributed by atoms with Crippen LogP contribution in [0.5, 0.6) is 5.75 Å². The molecule has 2 fully saturated rings. The number of ether oxygens (including phenoxy) is 1. The van der Waals surface area contributed by atoms with E-state index in [0.29, 0.717) is 34.9 Å². The molecule has 2 aliphatic heterocycles. The quantitative estimate of drug-likeness (QED) is 0.303. The Balaban J connectivity index is 1.27. The number of para-hydroxylation sites is 1. The van der Waals surface area contributed by atoms with Crippen LogP contribution in [0.15, 0.2) is 53.6 Å². The highest BCUT2D eigenvalue weighted by Gasteiger charge is 2.28. The number of sulfone groups is 1. The van der Waals surface area contributed by atoms with Crippen LogP contribution < -0.4 is 20.3 Å². The summed E-state index contributed by atoms with van der Waals surface area (Å²) in [6, 6.07) is 13.5. The van der Waals surface area contributed by atoms with Gasteiger partial charge in [-0.3, -0.25) is 4.90 Å². The van der Waals surface area contributed by atoms with Gasteiger partial charge in [0.05, 0.1) is 34.8 Å². The number of halogens is 1. The van der Waals surface area contributed by atoms with Crippen molar-refractivity contribution in [3.8, 4) is 5.75 Å². The summed E-state index contributed by atoms with van der Waals surface area (Å²) in [7, 11) is -1.88. The Labute approximate surface area is 260 Å². The average Bonchev–Trinajstić information content (AvgIpc) is 3.03. The molecule has 2 aliphatic rings. The van der Waals surface area contributed by atoms with E-state index in [1.165, 1.54) is 32.4 Å².